The van der Waals surface area contributed by atoms with E-state index in [2.05, 4.69) is 10.3 Å². The second-order valence-corrected chi connectivity index (χ2v) is 5.90. The first kappa shape index (κ1) is 16.1. The zero-order chi connectivity index (χ0) is 17.1. The molecule has 2 unspecified atom stereocenters. The predicted octanol–water partition coefficient (Wildman–Crippen LogP) is 3.22. The lowest BCUT2D eigenvalue weighted by atomic mass is 10.0. The summed E-state index contributed by atoms with van der Waals surface area (Å²) in [6, 6.07) is 13.7. The molecule has 0 amide bonds. The van der Waals surface area contributed by atoms with Gasteiger partial charge in [0.05, 0.1) is 0 Å². The summed E-state index contributed by atoms with van der Waals surface area (Å²) in [6.45, 7) is 1.85. The minimum Gasteiger partial charge on any atom is -0.508 e. The van der Waals surface area contributed by atoms with Crippen molar-refractivity contribution in [2.24, 2.45) is 0 Å². The molecular formula is C19H20N2O3. The first-order valence-electron chi connectivity index (χ1n) is 7.88. The number of carboxylic acid groups (broad SMARTS) is 1. The molecule has 1 aromatic heterocycles. The van der Waals surface area contributed by atoms with Crippen molar-refractivity contribution in [1.29, 1.82) is 0 Å². The van der Waals surface area contributed by atoms with E-state index in [1.165, 1.54) is 0 Å². The van der Waals surface area contributed by atoms with Gasteiger partial charge in [0.1, 0.15) is 11.8 Å². The van der Waals surface area contributed by atoms with Gasteiger partial charge >= 0.3 is 5.97 Å². The highest BCUT2D eigenvalue weighted by molar-refractivity contribution is 5.84. The van der Waals surface area contributed by atoms with Crippen molar-refractivity contribution in [3.05, 3.63) is 65.9 Å². The maximum atomic E-state index is 11.7. The summed E-state index contributed by atoms with van der Waals surface area (Å²) < 4.78 is 0. The van der Waals surface area contributed by atoms with Crippen LogP contribution in [0.3, 0.4) is 0 Å². The number of para-hydroxylation sites is 2. The number of nitrogens with one attached hydrogen (secondary N) is 2. The smallest absolute Gasteiger partial charge is 0.321 e. The number of phenols is 1. The molecule has 0 aliphatic carbocycles. The average Bonchev–Trinajstić information content (AvgIpc) is 2.97. The van der Waals surface area contributed by atoms with Gasteiger partial charge in [-0.15, -0.1) is 0 Å². The first-order chi connectivity index (χ1) is 11.6. The summed E-state index contributed by atoms with van der Waals surface area (Å²) in [4.78, 5) is 14.8. The van der Waals surface area contributed by atoms with Crippen LogP contribution in [0.5, 0.6) is 5.75 Å². The fourth-order valence-electron chi connectivity index (χ4n) is 2.98. The highest BCUT2D eigenvalue weighted by atomic mass is 16.4. The third kappa shape index (κ3) is 3.26. The Balaban J connectivity index is 1.80. The Bertz CT molecular complexity index is 856. The van der Waals surface area contributed by atoms with Crippen molar-refractivity contribution < 1.29 is 15.0 Å². The minimum absolute atomic E-state index is 0.161. The van der Waals surface area contributed by atoms with Crippen molar-refractivity contribution in [1.82, 2.24) is 10.3 Å². The normalized spacial score (nSPS) is 13.7. The fraction of sp³-hybridized carbons (Fsp3) is 0.211. The third-order valence-electron chi connectivity index (χ3n) is 4.25. The van der Waals surface area contributed by atoms with Gasteiger partial charge in [0.25, 0.3) is 0 Å². The molecule has 1 heterocycles. The van der Waals surface area contributed by atoms with Crippen molar-refractivity contribution in [2.75, 3.05) is 0 Å². The van der Waals surface area contributed by atoms with Crippen molar-refractivity contribution in [3.63, 3.8) is 0 Å². The molecule has 24 heavy (non-hydrogen) atoms. The average molecular weight is 324 g/mol. The van der Waals surface area contributed by atoms with Crippen LogP contribution in [0.1, 0.15) is 24.1 Å². The monoisotopic (exact) mass is 324 g/mol. The molecule has 0 saturated heterocycles. The van der Waals surface area contributed by atoms with Gasteiger partial charge in [-0.2, -0.15) is 0 Å². The Kier molecular flexibility index (Phi) is 4.53. The van der Waals surface area contributed by atoms with Crippen LogP contribution in [0.25, 0.3) is 10.9 Å². The van der Waals surface area contributed by atoms with Gasteiger partial charge in [0.15, 0.2) is 0 Å². The van der Waals surface area contributed by atoms with E-state index < -0.39 is 12.0 Å². The number of aromatic amines is 1. The van der Waals surface area contributed by atoms with Crippen LogP contribution in [-0.2, 0) is 11.2 Å². The van der Waals surface area contributed by atoms with Gasteiger partial charge in [-0.25, -0.2) is 0 Å². The number of hydrogen-bond acceptors (Lipinski definition) is 3. The van der Waals surface area contributed by atoms with Gasteiger partial charge in [0.2, 0.25) is 0 Å². The van der Waals surface area contributed by atoms with Gasteiger partial charge < -0.3 is 15.2 Å². The van der Waals surface area contributed by atoms with E-state index in [-0.39, 0.29) is 11.8 Å². The lowest BCUT2D eigenvalue weighted by Crippen LogP contribution is -2.40. The summed E-state index contributed by atoms with van der Waals surface area (Å²) >= 11 is 0. The number of carboxylic acids is 1. The standard InChI is InChI=1S/C19H20N2O3/c1-12(14-6-3-5-9-18(14)22)21-17(19(23)24)10-13-11-20-16-8-4-2-7-15(13)16/h2-9,11-12,17,20-22H,10H2,1H3,(H,23,24). The van der Waals surface area contributed by atoms with Crippen molar-refractivity contribution in [3.8, 4) is 5.75 Å². The fourth-order valence-corrected chi connectivity index (χ4v) is 2.98. The predicted molar refractivity (Wildman–Crippen MR) is 93.1 cm³/mol. The molecule has 3 rings (SSSR count). The number of aromatic nitrogens is 1. The van der Waals surface area contributed by atoms with Crippen LogP contribution >= 0.6 is 0 Å². The number of carbonyl (C=O) groups is 1. The molecule has 0 fully saturated rings. The summed E-state index contributed by atoms with van der Waals surface area (Å²) in [5.74, 6) is -0.753. The number of aromatic hydroxyl groups is 1. The second kappa shape index (κ2) is 6.76. The van der Waals surface area contributed by atoms with E-state index >= 15 is 0 Å². The van der Waals surface area contributed by atoms with E-state index in [0.717, 1.165) is 16.5 Å². The Morgan fingerprint density at radius 2 is 1.88 bits per heavy atom. The minimum atomic E-state index is -0.914. The molecule has 5 heteroatoms. The van der Waals surface area contributed by atoms with E-state index in [0.29, 0.717) is 12.0 Å². The molecular weight excluding hydrogens is 304 g/mol. The molecule has 124 valence electrons. The van der Waals surface area contributed by atoms with E-state index in [4.69, 9.17) is 0 Å². The summed E-state index contributed by atoms with van der Waals surface area (Å²) in [5, 5.41) is 23.6. The zero-order valence-electron chi connectivity index (χ0n) is 13.4. The van der Waals surface area contributed by atoms with Gasteiger partial charge in [-0.1, -0.05) is 36.4 Å². The maximum absolute atomic E-state index is 11.7. The number of hydrogen-bond donors (Lipinski definition) is 4. The lowest BCUT2D eigenvalue weighted by molar-refractivity contribution is -0.139. The molecule has 4 N–H and O–H groups in total. The topological polar surface area (TPSA) is 85.4 Å². The number of rotatable bonds is 6. The maximum Gasteiger partial charge on any atom is 0.321 e. The molecule has 5 nitrogen and oxygen atoms in total. The highest BCUT2D eigenvalue weighted by Crippen LogP contribution is 2.25. The van der Waals surface area contributed by atoms with Crippen LogP contribution in [-0.4, -0.2) is 27.2 Å². The molecule has 3 aromatic rings. The van der Waals surface area contributed by atoms with Crippen molar-refractivity contribution in [2.45, 2.75) is 25.4 Å². The molecule has 0 spiro atoms. The Morgan fingerprint density at radius 3 is 2.62 bits per heavy atom. The quantitative estimate of drug-likeness (QED) is 0.561. The summed E-state index contributed by atoms with van der Waals surface area (Å²) in [6.07, 6.45) is 2.21. The Labute approximate surface area is 140 Å². The number of benzene rings is 2. The number of H-pyrrole nitrogens is 1. The van der Waals surface area contributed by atoms with Crippen LogP contribution in [0.2, 0.25) is 0 Å². The highest BCUT2D eigenvalue weighted by Gasteiger charge is 2.23. The molecule has 2 atom stereocenters. The zero-order valence-corrected chi connectivity index (χ0v) is 13.4. The Morgan fingerprint density at radius 1 is 1.17 bits per heavy atom. The van der Waals surface area contributed by atoms with Gasteiger partial charge in [-0.3, -0.25) is 10.1 Å². The Hall–Kier alpha value is -2.79. The first-order valence-corrected chi connectivity index (χ1v) is 7.88. The lowest BCUT2D eigenvalue weighted by Gasteiger charge is -2.21. The number of phenolic OH excluding ortho intramolecular Hbond substituents is 1. The second-order valence-electron chi connectivity index (χ2n) is 5.90. The van der Waals surface area contributed by atoms with Crippen molar-refractivity contribution >= 4 is 16.9 Å². The molecule has 0 aliphatic heterocycles. The largest absolute Gasteiger partial charge is 0.508 e. The summed E-state index contributed by atoms with van der Waals surface area (Å²) in [5.41, 5.74) is 2.63. The van der Waals surface area contributed by atoms with Crippen LogP contribution < -0.4 is 5.32 Å². The number of fused-ring (bicyclic) bond motifs is 1. The van der Waals surface area contributed by atoms with Gasteiger partial charge in [-0.05, 0) is 24.6 Å². The van der Waals surface area contributed by atoms with Crippen LogP contribution in [0.15, 0.2) is 54.7 Å². The van der Waals surface area contributed by atoms with E-state index in [1.807, 2.05) is 43.5 Å². The third-order valence-corrected chi connectivity index (χ3v) is 4.25. The van der Waals surface area contributed by atoms with Crippen LogP contribution in [0, 0.1) is 0 Å². The molecule has 2 aromatic carbocycles. The summed E-state index contributed by atoms with van der Waals surface area (Å²) in [7, 11) is 0. The molecule has 0 radical (unpaired) electrons. The SMILES string of the molecule is CC(NC(Cc1c[nH]c2ccccc12)C(=O)O)c1ccccc1O. The van der Waals surface area contributed by atoms with Crippen LogP contribution in [0.4, 0.5) is 0 Å². The van der Waals surface area contributed by atoms with Gasteiger partial charge in [0, 0.05) is 35.1 Å². The molecule has 0 saturated carbocycles. The van der Waals surface area contributed by atoms with E-state index in [1.54, 1.807) is 18.2 Å². The molecule has 0 aliphatic rings. The number of aliphatic carboxylic acids is 1. The van der Waals surface area contributed by atoms with E-state index in [9.17, 15) is 15.0 Å². The molecule has 0 bridgehead atoms.